The van der Waals surface area contributed by atoms with Gasteiger partial charge in [0.15, 0.2) is 5.82 Å². The highest BCUT2D eigenvalue weighted by Gasteiger charge is 2.18. The van der Waals surface area contributed by atoms with Gasteiger partial charge >= 0.3 is 0 Å². The number of hydrogen-bond donors (Lipinski definition) is 0. The molecule has 1 unspecified atom stereocenters. The van der Waals surface area contributed by atoms with Gasteiger partial charge in [-0.1, -0.05) is 30.1 Å². The van der Waals surface area contributed by atoms with Crippen molar-refractivity contribution in [2.45, 2.75) is 32.1 Å². The van der Waals surface area contributed by atoms with Gasteiger partial charge in [0.1, 0.15) is 5.75 Å². The Morgan fingerprint density at radius 1 is 1.42 bits per heavy atom. The summed E-state index contributed by atoms with van der Waals surface area (Å²) < 4.78 is 10.6. The number of aryl methyl sites for hydroxylation is 1. The maximum atomic E-state index is 6.20. The molecule has 0 radical (unpaired) electrons. The number of nitrogens with zero attached hydrogens (tertiary/aromatic N) is 2. The Morgan fingerprint density at radius 2 is 2.21 bits per heavy atom. The number of hydrogen-bond acceptors (Lipinski definition) is 4. The highest BCUT2D eigenvalue weighted by molar-refractivity contribution is 6.20. The topological polar surface area (TPSA) is 48.2 Å². The third-order valence-corrected chi connectivity index (χ3v) is 3.26. The summed E-state index contributed by atoms with van der Waals surface area (Å²) >= 11 is 6.20. The first-order valence-corrected chi connectivity index (χ1v) is 6.72. The Labute approximate surface area is 117 Å². The molecule has 0 fully saturated rings. The predicted molar refractivity (Wildman–Crippen MR) is 74.5 cm³/mol. The van der Waals surface area contributed by atoms with Crippen LogP contribution in [-0.4, -0.2) is 17.3 Å². The molecule has 1 aromatic carbocycles. The molecule has 2 aromatic rings. The molecule has 5 heteroatoms. The van der Waals surface area contributed by atoms with Gasteiger partial charge in [-0.05, 0) is 25.5 Å². The van der Waals surface area contributed by atoms with E-state index in [1.165, 1.54) is 0 Å². The number of halogens is 1. The predicted octanol–water partition coefficient (Wildman–Crippen LogP) is 4.13. The lowest BCUT2D eigenvalue weighted by atomic mass is 10.1. The number of rotatable bonds is 5. The molecule has 0 bridgehead atoms. The Balaban J connectivity index is 2.34. The molecule has 1 aromatic heterocycles. The van der Waals surface area contributed by atoms with Gasteiger partial charge in [0.2, 0.25) is 0 Å². The molecule has 0 aliphatic rings. The molecule has 0 aliphatic carbocycles. The molecule has 0 aliphatic heterocycles. The second kappa shape index (κ2) is 6.06. The largest absolute Gasteiger partial charge is 0.496 e. The van der Waals surface area contributed by atoms with Gasteiger partial charge in [-0.3, -0.25) is 0 Å². The van der Waals surface area contributed by atoms with Crippen molar-refractivity contribution in [2.24, 2.45) is 0 Å². The summed E-state index contributed by atoms with van der Waals surface area (Å²) in [5.41, 5.74) is 1.90. The highest BCUT2D eigenvalue weighted by Crippen LogP contribution is 2.31. The molecule has 2 rings (SSSR count). The molecule has 1 atom stereocenters. The van der Waals surface area contributed by atoms with Gasteiger partial charge in [0, 0.05) is 0 Å². The van der Waals surface area contributed by atoms with Crippen LogP contribution in [0, 0.1) is 6.92 Å². The minimum atomic E-state index is -0.210. The number of ether oxygens (including phenoxy) is 1. The third-order valence-electron chi connectivity index (χ3n) is 2.85. The molecule has 1 heterocycles. The minimum absolute atomic E-state index is 0.210. The van der Waals surface area contributed by atoms with E-state index in [9.17, 15) is 0 Å². The van der Waals surface area contributed by atoms with Crippen LogP contribution in [0.2, 0.25) is 0 Å². The first-order chi connectivity index (χ1) is 9.15. The monoisotopic (exact) mass is 280 g/mol. The van der Waals surface area contributed by atoms with Crippen LogP contribution >= 0.6 is 11.6 Å². The first kappa shape index (κ1) is 13.9. The van der Waals surface area contributed by atoms with Crippen molar-refractivity contribution in [3.8, 4) is 17.2 Å². The number of benzene rings is 1. The van der Waals surface area contributed by atoms with Crippen LogP contribution in [0.4, 0.5) is 0 Å². The minimum Gasteiger partial charge on any atom is -0.496 e. The fraction of sp³-hybridized carbons (Fsp3) is 0.429. The van der Waals surface area contributed by atoms with Gasteiger partial charge in [0.05, 0.1) is 18.1 Å². The van der Waals surface area contributed by atoms with Crippen LogP contribution in [-0.2, 0) is 0 Å². The standard InChI is InChI=1S/C14H17ClN2O2/c1-4-5-11(15)13-16-14(19-17-13)10-8-9(2)6-7-12(10)18-3/h6-8,11H,4-5H2,1-3H3. The second-order valence-electron chi connectivity index (χ2n) is 4.42. The molecule has 0 saturated carbocycles. The van der Waals surface area contributed by atoms with E-state index in [0.717, 1.165) is 24.0 Å². The van der Waals surface area contributed by atoms with Gasteiger partial charge < -0.3 is 9.26 Å². The van der Waals surface area contributed by atoms with Crippen LogP contribution in [0.1, 0.15) is 36.5 Å². The van der Waals surface area contributed by atoms with Crippen LogP contribution < -0.4 is 4.74 Å². The van der Waals surface area contributed by atoms with E-state index in [2.05, 4.69) is 17.1 Å². The third kappa shape index (κ3) is 3.07. The zero-order chi connectivity index (χ0) is 13.8. The summed E-state index contributed by atoms with van der Waals surface area (Å²) in [6.07, 6.45) is 1.80. The Bertz CT molecular complexity index is 554. The number of methoxy groups -OCH3 is 1. The molecule has 102 valence electrons. The summed E-state index contributed by atoms with van der Waals surface area (Å²) in [4.78, 5) is 4.36. The lowest BCUT2D eigenvalue weighted by molar-refractivity contribution is 0.402. The zero-order valence-corrected chi connectivity index (χ0v) is 12.1. The van der Waals surface area contributed by atoms with Crippen molar-refractivity contribution in [3.63, 3.8) is 0 Å². The molecule has 19 heavy (non-hydrogen) atoms. The second-order valence-corrected chi connectivity index (χ2v) is 4.94. The quantitative estimate of drug-likeness (QED) is 0.773. The van der Waals surface area contributed by atoms with Gasteiger partial charge in [0.25, 0.3) is 5.89 Å². The summed E-state index contributed by atoms with van der Waals surface area (Å²) in [6, 6.07) is 5.82. The average Bonchev–Trinajstić information content (AvgIpc) is 2.88. The maximum absolute atomic E-state index is 6.20. The van der Waals surface area contributed by atoms with Crippen molar-refractivity contribution >= 4 is 11.6 Å². The number of alkyl halides is 1. The lowest BCUT2D eigenvalue weighted by Crippen LogP contribution is -1.93. The smallest absolute Gasteiger partial charge is 0.261 e. The van der Waals surface area contributed by atoms with Crippen LogP contribution in [0.15, 0.2) is 22.7 Å². The lowest BCUT2D eigenvalue weighted by Gasteiger charge is -2.05. The summed E-state index contributed by atoms with van der Waals surface area (Å²) in [6.45, 7) is 4.07. The van der Waals surface area contributed by atoms with Crippen LogP contribution in [0.25, 0.3) is 11.5 Å². The molecular weight excluding hydrogens is 264 g/mol. The average molecular weight is 281 g/mol. The van der Waals surface area contributed by atoms with Crippen LogP contribution in [0.3, 0.4) is 0 Å². The molecule has 0 saturated heterocycles. The zero-order valence-electron chi connectivity index (χ0n) is 11.3. The molecule has 0 amide bonds. The summed E-state index contributed by atoms with van der Waals surface area (Å²) in [5, 5.41) is 3.73. The van der Waals surface area contributed by atoms with E-state index in [1.54, 1.807) is 7.11 Å². The SMILES string of the molecule is CCCC(Cl)c1noc(-c2cc(C)ccc2OC)n1. The van der Waals surface area contributed by atoms with Crippen molar-refractivity contribution in [2.75, 3.05) is 7.11 Å². The van der Waals surface area contributed by atoms with E-state index in [1.807, 2.05) is 25.1 Å². The molecule has 4 nitrogen and oxygen atoms in total. The Hall–Kier alpha value is -1.55. The van der Waals surface area contributed by atoms with E-state index >= 15 is 0 Å². The fourth-order valence-corrected chi connectivity index (χ4v) is 2.15. The summed E-state index contributed by atoms with van der Waals surface area (Å²) in [5.74, 6) is 1.68. The van der Waals surface area contributed by atoms with E-state index < -0.39 is 0 Å². The van der Waals surface area contributed by atoms with E-state index in [4.69, 9.17) is 20.9 Å². The molecule has 0 N–H and O–H groups in total. The van der Waals surface area contributed by atoms with Gasteiger partial charge in [-0.15, -0.1) is 11.6 Å². The number of aromatic nitrogens is 2. The molecular formula is C14H17ClN2O2. The van der Waals surface area contributed by atoms with Crippen molar-refractivity contribution < 1.29 is 9.26 Å². The van der Waals surface area contributed by atoms with Crippen molar-refractivity contribution in [3.05, 3.63) is 29.6 Å². The van der Waals surface area contributed by atoms with Crippen LogP contribution in [0.5, 0.6) is 5.75 Å². The molecule has 0 spiro atoms. The van der Waals surface area contributed by atoms with E-state index in [0.29, 0.717) is 17.5 Å². The first-order valence-electron chi connectivity index (χ1n) is 6.28. The normalized spacial score (nSPS) is 12.4. The van der Waals surface area contributed by atoms with E-state index in [-0.39, 0.29) is 5.38 Å². The van der Waals surface area contributed by atoms with Gasteiger partial charge in [-0.25, -0.2) is 0 Å². The van der Waals surface area contributed by atoms with Crippen molar-refractivity contribution in [1.29, 1.82) is 0 Å². The van der Waals surface area contributed by atoms with Crippen molar-refractivity contribution in [1.82, 2.24) is 10.1 Å². The maximum Gasteiger partial charge on any atom is 0.261 e. The highest BCUT2D eigenvalue weighted by atomic mass is 35.5. The van der Waals surface area contributed by atoms with Gasteiger partial charge in [-0.2, -0.15) is 4.98 Å². The summed E-state index contributed by atoms with van der Waals surface area (Å²) in [7, 11) is 1.62. The fourth-order valence-electron chi connectivity index (χ4n) is 1.84. The Morgan fingerprint density at radius 3 is 2.89 bits per heavy atom. The Kier molecular flexibility index (Phi) is 4.43.